The van der Waals surface area contributed by atoms with Gasteiger partial charge in [-0.05, 0) is 56.3 Å². The Morgan fingerprint density at radius 3 is 2.29 bits per heavy atom. The van der Waals surface area contributed by atoms with Crippen LogP contribution in [0.4, 0.5) is 0 Å². The zero-order valence-corrected chi connectivity index (χ0v) is 23.3. The summed E-state index contributed by atoms with van der Waals surface area (Å²) in [7, 11) is 2.15. The minimum absolute atomic E-state index is 0.104. The maximum absolute atomic E-state index is 13.7. The minimum Gasteiger partial charge on any atom is -0.341 e. The highest BCUT2D eigenvalue weighted by Gasteiger charge is 2.39. The number of hydrogen-bond acceptors (Lipinski definition) is 4. The molecule has 2 fully saturated rings. The van der Waals surface area contributed by atoms with Gasteiger partial charge in [-0.15, -0.1) is 0 Å². The number of carbonyl (C=O) groups excluding carboxylic acids is 2. The summed E-state index contributed by atoms with van der Waals surface area (Å²) in [6.45, 7) is 15.9. The van der Waals surface area contributed by atoms with Crippen LogP contribution in [0.3, 0.4) is 0 Å². The van der Waals surface area contributed by atoms with Crippen LogP contribution in [0.1, 0.15) is 84.4 Å². The molecule has 2 aliphatic rings. The molecule has 3 heterocycles. The number of aryl methyl sites for hydroxylation is 1. The van der Waals surface area contributed by atoms with Gasteiger partial charge in [0.15, 0.2) is 0 Å². The molecule has 35 heavy (non-hydrogen) atoms. The molecule has 1 N–H and O–H groups in total. The first-order chi connectivity index (χ1) is 16.7. The average Bonchev–Trinajstić information content (AvgIpc) is 3.13. The van der Waals surface area contributed by atoms with Gasteiger partial charge in [-0.3, -0.25) is 9.59 Å². The molecular weight excluding hydrogens is 438 g/mol. The van der Waals surface area contributed by atoms with Crippen molar-refractivity contribution in [2.75, 3.05) is 26.2 Å². The number of carbonyl (C=O) groups is 2. The van der Waals surface area contributed by atoms with E-state index in [0.29, 0.717) is 24.3 Å². The highest BCUT2D eigenvalue weighted by Crippen LogP contribution is 2.26. The third-order valence-electron chi connectivity index (χ3n) is 7.84. The molecule has 0 aromatic carbocycles. The van der Waals surface area contributed by atoms with Gasteiger partial charge in [0.2, 0.25) is 11.8 Å². The maximum atomic E-state index is 13.7. The zero-order valence-electron chi connectivity index (χ0n) is 23.3. The van der Waals surface area contributed by atoms with Gasteiger partial charge >= 0.3 is 0 Å². The van der Waals surface area contributed by atoms with Crippen molar-refractivity contribution in [3.05, 3.63) is 17.2 Å². The number of piperazine rings is 1. The Labute approximate surface area is 213 Å². The molecular formula is C28H49N5O2. The molecule has 0 aliphatic carbocycles. The van der Waals surface area contributed by atoms with Crippen molar-refractivity contribution in [2.45, 2.75) is 98.6 Å². The van der Waals surface area contributed by atoms with Gasteiger partial charge in [0, 0.05) is 45.3 Å². The standard InChI is InChI=1S/C28H49N5O2/c1-8-22-24(9-2)31(7)26(30-22)18-21-10-13-32(14-11-21)28(35)25(17-20(5)6)33-15-12-29-23(27(33)34)16-19(3)4/h19-21,23,25,29H,8-18H2,1-7H3/t23-,25-/m0/s1. The molecule has 0 radical (unpaired) electrons. The summed E-state index contributed by atoms with van der Waals surface area (Å²) in [5, 5.41) is 3.38. The van der Waals surface area contributed by atoms with Gasteiger partial charge < -0.3 is 19.7 Å². The fourth-order valence-electron chi connectivity index (χ4n) is 5.91. The van der Waals surface area contributed by atoms with E-state index < -0.39 is 0 Å². The van der Waals surface area contributed by atoms with Gasteiger partial charge in [-0.2, -0.15) is 0 Å². The van der Waals surface area contributed by atoms with Crippen molar-refractivity contribution in [3.8, 4) is 0 Å². The van der Waals surface area contributed by atoms with Crippen LogP contribution in [0.5, 0.6) is 0 Å². The molecule has 0 bridgehead atoms. The second kappa shape index (κ2) is 12.4. The van der Waals surface area contributed by atoms with E-state index in [-0.39, 0.29) is 23.9 Å². The Morgan fingerprint density at radius 1 is 1.06 bits per heavy atom. The van der Waals surface area contributed by atoms with Crippen LogP contribution in [0.2, 0.25) is 0 Å². The number of nitrogens with one attached hydrogen (secondary N) is 1. The molecule has 1 aromatic heterocycles. The Kier molecular flexibility index (Phi) is 9.79. The summed E-state index contributed by atoms with van der Waals surface area (Å²) in [6.07, 6.45) is 6.52. The largest absolute Gasteiger partial charge is 0.341 e. The number of aromatic nitrogens is 2. The summed E-state index contributed by atoms with van der Waals surface area (Å²) in [5.74, 6) is 2.78. The first-order valence-electron chi connectivity index (χ1n) is 14.0. The van der Waals surface area contributed by atoms with Crippen molar-refractivity contribution >= 4 is 11.8 Å². The molecule has 2 aliphatic heterocycles. The van der Waals surface area contributed by atoms with E-state index >= 15 is 0 Å². The SMILES string of the molecule is CCc1nc(CC2CCN(C(=O)[C@H](CC(C)C)N3CCN[C@@H](CC(C)C)C3=O)CC2)n(C)c1CC. The molecule has 0 unspecified atom stereocenters. The molecule has 1 aromatic rings. The number of likely N-dealkylation sites (tertiary alicyclic amines) is 1. The molecule has 2 amide bonds. The van der Waals surface area contributed by atoms with Gasteiger partial charge in [-0.1, -0.05) is 41.5 Å². The Bertz CT molecular complexity index is 854. The fourth-order valence-corrected chi connectivity index (χ4v) is 5.91. The molecule has 0 saturated carbocycles. The summed E-state index contributed by atoms with van der Waals surface area (Å²) in [4.78, 5) is 35.9. The van der Waals surface area contributed by atoms with Crippen molar-refractivity contribution in [1.82, 2.24) is 24.7 Å². The lowest BCUT2D eigenvalue weighted by Gasteiger charge is -2.42. The highest BCUT2D eigenvalue weighted by atomic mass is 16.2. The van der Waals surface area contributed by atoms with E-state index in [1.165, 1.54) is 17.2 Å². The fraction of sp³-hybridized carbons (Fsp3) is 0.821. The quantitative estimate of drug-likeness (QED) is 0.548. The predicted octanol–water partition coefficient (Wildman–Crippen LogP) is 3.59. The predicted molar refractivity (Wildman–Crippen MR) is 141 cm³/mol. The van der Waals surface area contributed by atoms with Gasteiger partial charge in [0.05, 0.1) is 11.7 Å². The van der Waals surface area contributed by atoms with Crippen molar-refractivity contribution in [3.63, 3.8) is 0 Å². The summed E-state index contributed by atoms with van der Waals surface area (Å²) >= 11 is 0. The Balaban J connectivity index is 1.64. The Morgan fingerprint density at radius 2 is 1.74 bits per heavy atom. The monoisotopic (exact) mass is 487 g/mol. The topological polar surface area (TPSA) is 70.5 Å². The van der Waals surface area contributed by atoms with E-state index in [1.807, 2.05) is 9.80 Å². The first-order valence-corrected chi connectivity index (χ1v) is 14.0. The Hall–Kier alpha value is -1.89. The van der Waals surface area contributed by atoms with Gasteiger partial charge in [-0.25, -0.2) is 4.98 Å². The third kappa shape index (κ3) is 6.66. The van der Waals surface area contributed by atoms with Crippen LogP contribution in [0, 0.1) is 17.8 Å². The molecule has 0 spiro atoms. The minimum atomic E-state index is -0.343. The number of piperidine rings is 1. The van der Waals surface area contributed by atoms with Crippen LogP contribution >= 0.6 is 0 Å². The molecule has 7 heteroatoms. The van der Waals surface area contributed by atoms with Crippen LogP contribution in [0.15, 0.2) is 0 Å². The molecule has 2 atom stereocenters. The maximum Gasteiger partial charge on any atom is 0.245 e. The lowest BCUT2D eigenvalue weighted by atomic mass is 9.91. The first kappa shape index (κ1) is 27.7. The second-order valence-electron chi connectivity index (χ2n) is 11.5. The van der Waals surface area contributed by atoms with Crippen molar-refractivity contribution in [1.29, 1.82) is 0 Å². The van der Waals surface area contributed by atoms with Crippen LogP contribution in [-0.2, 0) is 35.9 Å². The normalized spacial score (nSPS) is 20.8. The third-order valence-corrected chi connectivity index (χ3v) is 7.84. The van der Waals surface area contributed by atoms with Crippen molar-refractivity contribution < 1.29 is 9.59 Å². The highest BCUT2D eigenvalue weighted by molar-refractivity contribution is 5.90. The molecule has 2 saturated heterocycles. The van der Waals surface area contributed by atoms with E-state index in [0.717, 1.165) is 64.6 Å². The summed E-state index contributed by atoms with van der Waals surface area (Å²) < 4.78 is 2.29. The average molecular weight is 488 g/mol. The van der Waals surface area contributed by atoms with E-state index in [1.54, 1.807) is 0 Å². The van der Waals surface area contributed by atoms with E-state index in [9.17, 15) is 9.59 Å². The van der Waals surface area contributed by atoms with Crippen molar-refractivity contribution in [2.24, 2.45) is 24.8 Å². The van der Waals surface area contributed by atoms with E-state index in [4.69, 9.17) is 4.98 Å². The molecule has 7 nitrogen and oxygen atoms in total. The lowest BCUT2D eigenvalue weighted by molar-refractivity contribution is -0.150. The number of nitrogens with zero attached hydrogens (tertiary/aromatic N) is 4. The van der Waals surface area contributed by atoms with E-state index in [2.05, 4.69) is 58.5 Å². The number of hydrogen-bond donors (Lipinski definition) is 1. The molecule has 3 rings (SSSR count). The smallest absolute Gasteiger partial charge is 0.245 e. The van der Waals surface area contributed by atoms with Gasteiger partial charge in [0.25, 0.3) is 0 Å². The van der Waals surface area contributed by atoms with Crippen LogP contribution < -0.4 is 5.32 Å². The summed E-state index contributed by atoms with van der Waals surface area (Å²) in [6, 6.07) is -0.514. The van der Waals surface area contributed by atoms with Gasteiger partial charge in [0.1, 0.15) is 11.9 Å². The lowest BCUT2D eigenvalue weighted by Crippen LogP contribution is -2.62. The van der Waals surface area contributed by atoms with Crippen LogP contribution in [-0.4, -0.2) is 69.4 Å². The zero-order chi connectivity index (χ0) is 25.7. The number of rotatable bonds is 10. The second-order valence-corrected chi connectivity index (χ2v) is 11.5. The van der Waals surface area contributed by atoms with Crippen LogP contribution in [0.25, 0.3) is 0 Å². The number of imidazole rings is 1. The number of amides is 2. The summed E-state index contributed by atoms with van der Waals surface area (Å²) in [5.41, 5.74) is 2.58. The molecule has 198 valence electrons.